The fraction of sp³-hybridized carbons (Fsp3) is 0.667. The molecule has 4 rings (SSSR count). The third kappa shape index (κ3) is 2.23. The van der Waals surface area contributed by atoms with Crippen LogP contribution in [0.25, 0.3) is 0 Å². The van der Waals surface area contributed by atoms with Crippen LogP contribution in [0.15, 0.2) is 34.9 Å². The lowest BCUT2D eigenvalue weighted by Crippen LogP contribution is -2.34. The molecule has 0 saturated heterocycles. The largest absolute Gasteiger partial charge is 0.373 e. The van der Waals surface area contributed by atoms with Crippen LogP contribution in [0.2, 0.25) is 0 Å². The average Bonchev–Trinajstić information content (AvgIpc) is 3.20. The van der Waals surface area contributed by atoms with Crippen LogP contribution in [0.5, 0.6) is 0 Å². The highest BCUT2D eigenvalue weighted by molar-refractivity contribution is 5.42. The summed E-state index contributed by atoms with van der Waals surface area (Å²) in [5.41, 5.74) is 4.80. The lowest BCUT2D eigenvalue weighted by molar-refractivity contribution is 0.0224. The molecule has 0 aromatic carbocycles. The molecule has 0 amide bonds. The highest BCUT2D eigenvalue weighted by atomic mass is 16.5. The molecular weight excluding hydrogens is 232 g/mol. The van der Waals surface area contributed by atoms with Crippen LogP contribution in [-0.4, -0.2) is 12.7 Å². The first kappa shape index (κ1) is 13.2. The molecule has 0 spiro atoms. The van der Waals surface area contributed by atoms with Crippen molar-refractivity contribution in [1.29, 1.82) is 0 Å². The number of rotatable bonds is 0. The summed E-state index contributed by atoms with van der Waals surface area (Å²) < 4.78 is 6.14. The zero-order chi connectivity index (χ0) is 13.4. The molecule has 1 fully saturated rings. The normalized spacial score (nSPS) is 39.0. The van der Waals surface area contributed by atoms with E-state index in [4.69, 9.17) is 4.74 Å². The van der Waals surface area contributed by atoms with E-state index in [2.05, 4.69) is 25.2 Å². The number of allylic oxidation sites excluding steroid dienone is 3. The Labute approximate surface area is 117 Å². The van der Waals surface area contributed by atoms with Gasteiger partial charge >= 0.3 is 0 Å². The van der Waals surface area contributed by atoms with E-state index in [0.29, 0.717) is 12.0 Å². The quantitative estimate of drug-likeness (QED) is 0.574. The Morgan fingerprint density at radius 1 is 1.26 bits per heavy atom. The Bertz CT molecular complexity index is 441. The van der Waals surface area contributed by atoms with Crippen LogP contribution in [0, 0.1) is 17.8 Å². The smallest absolute Gasteiger partial charge is 0.0689 e. The number of ether oxygens (including phenoxy) is 1. The monoisotopic (exact) mass is 258 g/mol. The molecule has 0 aromatic heterocycles. The molecule has 0 bridgehead atoms. The number of fused-ring (bicyclic) bond motifs is 4. The zero-order valence-corrected chi connectivity index (χ0v) is 12.5. The van der Waals surface area contributed by atoms with Crippen molar-refractivity contribution in [3.8, 4) is 0 Å². The molecule has 1 nitrogen and oxygen atoms in total. The standard InChI is InChI=1S/C16H20O.C2H6/c1-10-4-2-7-15-16(10)12-6-3-5-11-8-13(11)14(12)9-17-15;1-2/h3-4,6,11,13,15-16H,2,5,7-9H2,1H3;1-2H3. The fourth-order valence-electron chi connectivity index (χ4n) is 4.00. The Balaban J connectivity index is 0.000000528. The molecular formula is C18H26O. The van der Waals surface area contributed by atoms with Crippen LogP contribution in [0.3, 0.4) is 0 Å². The van der Waals surface area contributed by atoms with Gasteiger partial charge in [-0.1, -0.05) is 37.6 Å². The van der Waals surface area contributed by atoms with E-state index < -0.39 is 0 Å². The van der Waals surface area contributed by atoms with Gasteiger partial charge in [0, 0.05) is 5.92 Å². The minimum atomic E-state index is 0.457. The molecule has 3 aliphatic carbocycles. The van der Waals surface area contributed by atoms with E-state index in [9.17, 15) is 0 Å². The predicted octanol–water partition coefficient (Wildman–Crippen LogP) is 4.66. The molecule has 104 valence electrons. The van der Waals surface area contributed by atoms with E-state index in [-0.39, 0.29) is 0 Å². The molecule has 0 N–H and O–H groups in total. The summed E-state index contributed by atoms with van der Waals surface area (Å²) in [6.07, 6.45) is 12.8. The first-order valence-corrected chi connectivity index (χ1v) is 8.02. The highest BCUT2D eigenvalue weighted by Crippen LogP contribution is 2.53. The molecule has 1 heteroatoms. The summed E-state index contributed by atoms with van der Waals surface area (Å²) in [6.45, 7) is 7.20. The van der Waals surface area contributed by atoms with Gasteiger partial charge in [0.15, 0.2) is 0 Å². The van der Waals surface area contributed by atoms with Gasteiger partial charge in [-0.2, -0.15) is 0 Å². The van der Waals surface area contributed by atoms with Gasteiger partial charge in [0.1, 0.15) is 0 Å². The van der Waals surface area contributed by atoms with Crippen LogP contribution in [-0.2, 0) is 4.74 Å². The molecule has 19 heavy (non-hydrogen) atoms. The second-order valence-electron chi connectivity index (χ2n) is 6.07. The number of hydrogen-bond donors (Lipinski definition) is 0. The maximum Gasteiger partial charge on any atom is 0.0689 e. The fourth-order valence-corrected chi connectivity index (χ4v) is 4.00. The molecule has 4 atom stereocenters. The number of hydrogen-bond acceptors (Lipinski definition) is 1. The third-order valence-electron chi connectivity index (χ3n) is 5.05. The van der Waals surface area contributed by atoms with Crippen LogP contribution in [0.4, 0.5) is 0 Å². The Morgan fingerprint density at radius 2 is 2.11 bits per heavy atom. The van der Waals surface area contributed by atoms with Gasteiger partial charge in [0.05, 0.1) is 12.7 Å². The van der Waals surface area contributed by atoms with Gasteiger partial charge in [0.25, 0.3) is 0 Å². The van der Waals surface area contributed by atoms with Crippen LogP contribution < -0.4 is 0 Å². The van der Waals surface area contributed by atoms with Gasteiger partial charge in [-0.3, -0.25) is 0 Å². The van der Waals surface area contributed by atoms with Crippen LogP contribution in [0.1, 0.15) is 46.5 Å². The Morgan fingerprint density at radius 3 is 2.95 bits per heavy atom. The summed E-state index contributed by atoms with van der Waals surface area (Å²) >= 11 is 0. The van der Waals surface area contributed by atoms with Crippen molar-refractivity contribution in [2.45, 2.75) is 52.6 Å². The van der Waals surface area contributed by atoms with Gasteiger partial charge in [-0.25, -0.2) is 0 Å². The van der Waals surface area contributed by atoms with Gasteiger partial charge in [-0.15, -0.1) is 0 Å². The van der Waals surface area contributed by atoms with Crippen molar-refractivity contribution in [3.05, 3.63) is 34.9 Å². The molecule has 1 heterocycles. The van der Waals surface area contributed by atoms with Crippen molar-refractivity contribution in [3.63, 3.8) is 0 Å². The van der Waals surface area contributed by atoms with Crippen molar-refractivity contribution in [1.82, 2.24) is 0 Å². The molecule has 0 radical (unpaired) electrons. The highest BCUT2D eigenvalue weighted by Gasteiger charge is 2.45. The van der Waals surface area contributed by atoms with E-state index in [0.717, 1.165) is 18.4 Å². The first-order valence-electron chi connectivity index (χ1n) is 8.02. The van der Waals surface area contributed by atoms with Crippen molar-refractivity contribution in [2.75, 3.05) is 6.61 Å². The maximum atomic E-state index is 6.14. The minimum absolute atomic E-state index is 0.457. The predicted molar refractivity (Wildman–Crippen MR) is 79.9 cm³/mol. The average molecular weight is 258 g/mol. The van der Waals surface area contributed by atoms with Gasteiger partial charge < -0.3 is 4.74 Å². The SMILES string of the molecule is CC.CC1=CCCC2OCC3=C(C=CCC4CC34)C12. The summed E-state index contributed by atoms with van der Waals surface area (Å²) in [5, 5.41) is 0. The minimum Gasteiger partial charge on any atom is -0.373 e. The third-order valence-corrected chi connectivity index (χ3v) is 5.05. The van der Waals surface area contributed by atoms with E-state index in [1.54, 1.807) is 11.1 Å². The van der Waals surface area contributed by atoms with Crippen molar-refractivity contribution < 1.29 is 4.74 Å². The van der Waals surface area contributed by atoms with Crippen molar-refractivity contribution in [2.24, 2.45) is 17.8 Å². The zero-order valence-electron chi connectivity index (χ0n) is 12.5. The summed E-state index contributed by atoms with van der Waals surface area (Å²) in [7, 11) is 0. The molecule has 1 aliphatic heterocycles. The van der Waals surface area contributed by atoms with Gasteiger partial charge in [0.2, 0.25) is 0 Å². The molecule has 4 aliphatic rings. The summed E-state index contributed by atoms with van der Waals surface area (Å²) in [6, 6.07) is 0. The summed E-state index contributed by atoms with van der Waals surface area (Å²) in [5.74, 6) is 2.37. The molecule has 0 aromatic rings. The van der Waals surface area contributed by atoms with Crippen molar-refractivity contribution >= 4 is 0 Å². The summed E-state index contributed by atoms with van der Waals surface area (Å²) in [4.78, 5) is 0. The second kappa shape index (κ2) is 5.28. The van der Waals surface area contributed by atoms with E-state index >= 15 is 0 Å². The Kier molecular flexibility index (Phi) is 3.66. The van der Waals surface area contributed by atoms with E-state index in [1.807, 2.05) is 13.8 Å². The lowest BCUT2D eigenvalue weighted by Gasteiger charge is -2.38. The molecule has 4 unspecified atom stereocenters. The van der Waals surface area contributed by atoms with E-state index in [1.165, 1.54) is 31.3 Å². The van der Waals surface area contributed by atoms with Gasteiger partial charge in [-0.05, 0) is 55.6 Å². The second-order valence-corrected chi connectivity index (χ2v) is 6.07. The Hall–Kier alpha value is -0.820. The maximum absolute atomic E-state index is 6.14. The topological polar surface area (TPSA) is 9.23 Å². The molecule has 1 saturated carbocycles. The first-order chi connectivity index (χ1) is 9.34. The lowest BCUT2D eigenvalue weighted by atomic mass is 9.76. The van der Waals surface area contributed by atoms with Crippen LogP contribution >= 0.6 is 0 Å².